The van der Waals surface area contributed by atoms with Crippen LogP contribution in [-0.2, 0) is 4.79 Å². The van der Waals surface area contributed by atoms with E-state index in [2.05, 4.69) is 12.1 Å². The van der Waals surface area contributed by atoms with E-state index in [1.807, 2.05) is 12.1 Å². The van der Waals surface area contributed by atoms with Crippen molar-refractivity contribution in [3.63, 3.8) is 0 Å². The van der Waals surface area contributed by atoms with Gasteiger partial charge in [-0.3, -0.25) is 4.79 Å². The molecule has 1 aromatic rings. The number of hydrogen-bond acceptors (Lipinski definition) is 2. The van der Waals surface area contributed by atoms with Crippen LogP contribution in [0.5, 0.6) is 0 Å². The summed E-state index contributed by atoms with van der Waals surface area (Å²) in [5.74, 6) is -0.0722. The number of aliphatic carboxylic acids is 1. The van der Waals surface area contributed by atoms with E-state index in [0.29, 0.717) is 5.92 Å². The standard InChI is InChI=1S/C15H19NO2/c16-12-3-1-10(2-4-12)11-5-7-15(8-6-11)9-13(15)14(17)18/h1-4,11,13H,5-9,16H2,(H,17,18). The van der Waals surface area contributed by atoms with E-state index in [-0.39, 0.29) is 11.3 Å². The first-order valence-corrected chi connectivity index (χ1v) is 6.69. The fourth-order valence-electron chi connectivity index (χ4n) is 3.54. The van der Waals surface area contributed by atoms with Gasteiger partial charge in [-0.15, -0.1) is 0 Å². The van der Waals surface area contributed by atoms with Crippen LogP contribution in [0.15, 0.2) is 24.3 Å². The minimum absolute atomic E-state index is 0.0649. The molecule has 0 aliphatic heterocycles. The number of carbonyl (C=O) groups is 1. The summed E-state index contributed by atoms with van der Waals surface area (Å²) in [5.41, 5.74) is 8.00. The predicted molar refractivity (Wildman–Crippen MR) is 70.2 cm³/mol. The van der Waals surface area contributed by atoms with Gasteiger partial charge >= 0.3 is 5.97 Å². The Labute approximate surface area is 107 Å². The largest absolute Gasteiger partial charge is 0.481 e. The predicted octanol–water partition coefficient (Wildman–Crippen LogP) is 3.02. The third-order valence-electron chi connectivity index (χ3n) is 4.88. The molecular weight excluding hydrogens is 226 g/mol. The van der Waals surface area contributed by atoms with E-state index in [1.165, 1.54) is 5.56 Å². The molecule has 18 heavy (non-hydrogen) atoms. The Morgan fingerprint density at radius 2 is 1.83 bits per heavy atom. The first-order valence-electron chi connectivity index (χ1n) is 6.69. The van der Waals surface area contributed by atoms with Crippen molar-refractivity contribution < 1.29 is 9.90 Å². The Morgan fingerprint density at radius 3 is 2.33 bits per heavy atom. The van der Waals surface area contributed by atoms with E-state index < -0.39 is 5.97 Å². The average Bonchev–Trinajstić information content (AvgIpc) is 3.06. The summed E-state index contributed by atoms with van der Waals surface area (Å²) in [6.45, 7) is 0. The van der Waals surface area contributed by atoms with Crippen molar-refractivity contribution in [2.24, 2.45) is 11.3 Å². The molecule has 1 aromatic carbocycles. The molecule has 1 unspecified atom stereocenters. The summed E-state index contributed by atoms with van der Waals surface area (Å²) in [6, 6.07) is 8.13. The molecule has 2 fully saturated rings. The Balaban J connectivity index is 1.64. The summed E-state index contributed by atoms with van der Waals surface area (Å²) in [4.78, 5) is 11.0. The highest BCUT2D eigenvalue weighted by Gasteiger charge is 2.58. The second kappa shape index (κ2) is 4.01. The number of carboxylic acid groups (broad SMARTS) is 1. The lowest BCUT2D eigenvalue weighted by atomic mass is 9.76. The Kier molecular flexibility index (Phi) is 2.58. The van der Waals surface area contributed by atoms with Crippen molar-refractivity contribution in [3.8, 4) is 0 Å². The number of nitrogens with two attached hydrogens (primary N) is 1. The van der Waals surface area contributed by atoms with Gasteiger partial charge in [0, 0.05) is 5.69 Å². The van der Waals surface area contributed by atoms with Crippen LogP contribution >= 0.6 is 0 Å². The van der Waals surface area contributed by atoms with E-state index in [1.54, 1.807) is 0 Å². The average molecular weight is 245 g/mol. The molecular formula is C15H19NO2. The molecule has 3 heteroatoms. The Hall–Kier alpha value is -1.51. The summed E-state index contributed by atoms with van der Waals surface area (Å²) in [6.07, 6.45) is 5.27. The lowest BCUT2D eigenvalue weighted by Crippen LogP contribution is -2.18. The van der Waals surface area contributed by atoms with Gasteiger partial charge in [-0.1, -0.05) is 12.1 Å². The maximum absolute atomic E-state index is 11.0. The van der Waals surface area contributed by atoms with Gasteiger partial charge in [0.15, 0.2) is 0 Å². The molecule has 2 aliphatic rings. The molecule has 0 heterocycles. The molecule has 3 N–H and O–H groups in total. The molecule has 1 spiro atoms. The maximum Gasteiger partial charge on any atom is 0.307 e. The number of nitrogen functional groups attached to an aromatic ring is 1. The van der Waals surface area contributed by atoms with Crippen LogP contribution in [0.4, 0.5) is 5.69 Å². The van der Waals surface area contributed by atoms with Gasteiger partial charge in [0.1, 0.15) is 0 Å². The number of rotatable bonds is 2. The molecule has 0 saturated heterocycles. The summed E-state index contributed by atoms with van der Waals surface area (Å²) in [7, 11) is 0. The lowest BCUT2D eigenvalue weighted by molar-refractivity contribution is -0.139. The van der Waals surface area contributed by atoms with E-state index in [0.717, 1.165) is 37.8 Å². The first kappa shape index (κ1) is 11.6. The fourth-order valence-corrected chi connectivity index (χ4v) is 3.54. The molecule has 0 aromatic heterocycles. The van der Waals surface area contributed by atoms with Crippen molar-refractivity contribution in [2.45, 2.75) is 38.0 Å². The molecule has 2 aliphatic carbocycles. The van der Waals surface area contributed by atoms with Gasteiger partial charge in [0.05, 0.1) is 5.92 Å². The van der Waals surface area contributed by atoms with E-state index in [4.69, 9.17) is 10.8 Å². The van der Waals surface area contributed by atoms with Crippen LogP contribution < -0.4 is 5.73 Å². The van der Waals surface area contributed by atoms with Crippen molar-refractivity contribution in [3.05, 3.63) is 29.8 Å². The quantitative estimate of drug-likeness (QED) is 0.787. The molecule has 0 amide bonds. The molecule has 3 rings (SSSR count). The number of hydrogen-bond donors (Lipinski definition) is 2. The molecule has 3 nitrogen and oxygen atoms in total. The minimum atomic E-state index is -0.596. The Morgan fingerprint density at radius 1 is 1.22 bits per heavy atom. The Bertz CT molecular complexity index is 458. The monoisotopic (exact) mass is 245 g/mol. The molecule has 96 valence electrons. The normalized spacial score (nSPS) is 34.4. The summed E-state index contributed by atoms with van der Waals surface area (Å²) in [5, 5.41) is 9.07. The van der Waals surface area contributed by atoms with Gasteiger partial charge in [0.25, 0.3) is 0 Å². The molecule has 2 saturated carbocycles. The lowest BCUT2D eigenvalue weighted by Gasteiger charge is -2.29. The SMILES string of the molecule is Nc1ccc(C2CCC3(CC2)CC3C(=O)O)cc1. The van der Waals surface area contributed by atoms with Gasteiger partial charge in [-0.25, -0.2) is 0 Å². The smallest absolute Gasteiger partial charge is 0.307 e. The van der Waals surface area contributed by atoms with Crippen molar-refractivity contribution in [1.29, 1.82) is 0 Å². The third kappa shape index (κ3) is 1.88. The van der Waals surface area contributed by atoms with Crippen molar-refractivity contribution >= 4 is 11.7 Å². The zero-order valence-electron chi connectivity index (χ0n) is 10.4. The van der Waals surface area contributed by atoms with Crippen LogP contribution in [0, 0.1) is 11.3 Å². The van der Waals surface area contributed by atoms with Crippen LogP contribution in [0.3, 0.4) is 0 Å². The maximum atomic E-state index is 11.0. The van der Waals surface area contributed by atoms with Crippen molar-refractivity contribution in [1.82, 2.24) is 0 Å². The first-order chi connectivity index (χ1) is 8.61. The third-order valence-corrected chi connectivity index (χ3v) is 4.88. The van der Waals surface area contributed by atoms with Crippen LogP contribution in [0.25, 0.3) is 0 Å². The van der Waals surface area contributed by atoms with Crippen LogP contribution in [-0.4, -0.2) is 11.1 Å². The highest BCUT2D eigenvalue weighted by atomic mass is 16.4. The minimum Gasteiger partial charge on any atom is -0.481 e. The zero-order valence-corrected chi connectivity index (χ0v) is 10.4. The molecule has 0 bridgehead atoms. The number of anilines is 1. The fraction of sp³-hybridized carbons (Fsp3) is 0.533. The van der Waals surface area contributed by atoms with E-state index in [9.17, 15) is 4.79 Å². The summed E-state index contributed by atoms with van der Waals surface area (Å²) >= 11 is 0. The van der Waals surface area contributed by atoms with Gasteiger partial charge in [-0.05, 0) is 61.1 Å². The highest BCUT2D eigenvalue weighted by Crippen LogP contribution is 2.63. The number of carboxylic acids is 1. The topological polar surface area (TPSA) is 63.3 Å². The number of benzene rings is 1. The van der Waals surface area contributed by atoms with Crippen LogP contribution in [0.2, 0.25) is 0 Å². The van der Waals surface area contributed by atoms with E-state index >= 15 is 0 Å². The van der Waals surface area contributed by atoms with Crippen LogP contribution in [0.1, 0.15) is 43.6 Å². The summed E-state index contributed by atoms with van der Waals surface area (Å²) < 4.78 is 0. The molecule has 0 radical (unpaired) electrons. The zero-order chi connectivity index (χ0) is 12.8. The molecule has 1 atom stereocenters. The second-order valence-electron chi connectivity index (χ2n) is 5.90. The second-order valence-corrected chi connectivity index (χ2v) is 5.90. The highest BCUT2D eigenvalue weighted by molar-refractivity contribution is 5.74. The van der Waals surface area contributed by atoms with Gasteiger partial charge in [-0.2, -0.15) is 0 Å². The van der Waals surface area contributed by atoms with Crippen molar-refractivity contribution in [2.75, 3.05) is 5.73 Å². The van der Waals surface area contributed by atoms with Gasteiger partial charge < -0.3 is 10.8 Å². The van der Waals surface area contributed by atoms with Gasteiger partial charge in [0.2, 0.25) is 0 Å².